The molecule has 0 unspecified atom stereocenters. The molecule has 1 saturated carbocycles. The van der Waals surface area contributed by atoms with Crippen LogP contribution in [0.4, 0.5) is 5.69 Å². The summed E-state index contributed by atoms with van der Waals surface area (Å²) in [5, 5.41) is 3.13. The highest BCUT2D eigenvalue weighted by Gasteiger charge is 2.32. The highest BCUT2D eigenvalue weighted by molar-refractivity contribution is 7.92. The minimum absolute atomic E-state index is 0.166. The number of hydrogen-bond acceptors (Lipinski definition) is 3. The Morgan fingerprint density at radius 1 is 1.07 bits per heavy atom. The molecule has 29 heavy (non-hydrogen) atoms. The van der Waals surface area contributed by atoms with E-state index >= 15 is 0 Å². The van der Waals surface area contributed by atoms with Gasteiger partial charge in [0.2, 0.25) is 0 Å². The Bertz CT molecular complexity index is 988. The second-order valence-electron chi connectivity index (χ2n) is 8.14. The fourth-order valence-corrected chi connectivity index (χ4v) is 6.02. The summed E-state index contributed by atoms with van der Waals surface area (Å²) in [6, 6.07) is 9.26. The molecule has 1 aromatic heterocycles. The molecule has 0 bridgehead atoms. The zero-order chi connectivity index (χ0) is 20.4. The van der Waals surface area contributed by atoms with E-state index in [4.69, 9.17) is 0 Å². The van der Waals surface area contributed by atoms with Crippen LogP contribution in [0.2, 0.25) is 0 Å². The topological polar surface area (TPSA) is 71.4 Å². The van der Waals surface area contributed by atoms with Gasteiger partial charge in [0.15, 0.2) is 0 Å². The molecule has 1 aliphatic heterocycles. The summed E-state index contributed by atoms with van der Waals surface area (Å²) < 4.78 is 29.6. The van der Waals surface area contributed by atoms with Gasteiger partial charge in [-0.05, 0) is 37.0 Å². The number of fused-ring (bicyclic) bond motifs is 1. The molecule has 1 N–H and O–H groups in total. The van der Waals surface area contributed by atoms with Gasteiger partial charge >= 0.3 is 0 Å². The minimum Gasteiger partial charge on any atom is -0.348 e. The van der Waals surface area contributed by atoms with Gasteiger partial charge in [0.25, 0.3) is 15.9 Å². The second-order valence-corrected chi connectivity index (χ2v) is 10.0. The lowest BCUT2D eigenvalue weighted by Crippen LogP contribution is -2.36. The molecule has 0 atom stereocenters. The average Bonchev–Trinajstić information content (AvgIpc) is 3.28. The van der Waals surface area contributed by atoms with E-state index in [9.17, 15) is 13.2 Å². The lowest BCUT2D eigenvalue weighted by molar-refractivity contribution is 0.0922. The van der Waals surface area contributed by atoms with Crippen molar-refractivity contribution in [2.24, 2.45) is 7.05 Å². The maximum Gasteiger partial charge on any atom is 0.268 e. The predicted molar refractivity (Wildman–Crippen MR) is 114 cm³/mol. The first-order chi connectivity index (χ1) is 14.0. The van der Waals surface area contributed by atoms with Crippen molar-refractivity contribution in [2.45, 2.75) is 62.3 Å². The Kier molecular flexibility index (Phi) is 5.67. The van der Waals surface area contributed by atoms with Gasteiger partial charge in [0.05, 0.1) is 5.69 Å². The normalized spacial score (nSPS) is 18.2. The molecule has 0 spiro atoms. The van der Waals surface area contributed by atoms with Gasteiger partial charge < -0.3 is 9.88 Å². The zero-order valence-electron chi connectivity index (χ0n) is 16.9. The number of carbonyl (C=O) groups is 1. The summed E-state index contributed by atoms with van der Waals surface area (Å²) in [7, 11) is -1.97. The molecule has 1 aliphatic carbocycles. The number of aryl methyl sites for hydroxylation is 1. The quantitative estimate of drug-likeness (QED) is 0.829. The summed E-state index contributed by atoms with van der Waals surface area (Å²) >= 11 is 0. The summed E-state index contributed by atoms with van der Waals surface area (Å²) in [6.07, 6.45) is 10.2. The largest absolute Gasteiger partial charge is 0.348 e. The van der Waals surface area contributed by atoms with Gasteiger partial charge in [-0.3, -0.25) is 9.10 Å². The molecule has 1 amide bonds. The number of sulfonamides is 1. The van der Waals surface area contributed by atoms with Crippen LogP contribution >= 0.6 is 0 Å². The first-order valence-corrected chi connectivity index (χ1v) is 12.0. The average molecular weight is 416 g/mol. The summed E-state index contributed by atoms with van der Waals surface area (Å²) in [6.45, 7) is 0.431. The number of carbonyl (C=O) groups excluding carboxylic acids is 1. The number of benzene rings is 1. The molecule has 2 heterocycles. The number of aromatic nitrogens is 1. The number of nitrogens with zero attached hydrogens (tertiary/aromatic N) is 2. The molecule has 156 valence electrons. The van der Waals surface area contributed by atoms with E-state index < -0.39 is 10.0 Å². The third kappa shape index (κ3) is 4.06. The monoisotopic (exact) mass is 415 g/mol. The molecule has 7 heteroatoms. The van der Waals surface area contributed by atoms with Crippen LogP contribution in [0, 0.1) is 0 Å². The lowest BCUT2D eigenvalue weighted by atomic mass is 9.96. The van der Waals surface area contributed by atoms with Crippen molar-refractivity contribution in [2.75, 3.05) is 10.8 Å². The number of anilines is 1. The van der Waals surface area contributed by atoms with E-state index in [1.54, 1.807) is 17.8 Å². The molecule has 2 aromatic rings. The van der Waals surface area contributed by atoms with E-state index in [1.807, 2.05) is 24.3 Å². The molecular formula is C22H29N3O3S. The fraction of sp³-hybridized carbons (Fsp3) is 0.500. The zero-order valence-corrected chi connectivity index (χ0v) is 17.7. The predicted octanol–water partition coefficient (Wildman–Crippen LogP) is 3.62. The van der Waals surface area contributed by atoms with Crippen LogP contribution in [-0.2, 0) is 23.5 Å². The molecular weight excluding hydrogens is 386 g/mol. The SMILES string of the molecule is Cn1cc(S(=O)(=O)N2CCc3ccccc32)cc1C(=O)NC1CCCCCCC1. The second kappa shape index (κ2) is 8.22. The van der Waals surface area contributed by atoms with Crippen LogP contribution in [0.5, 0.6) is 0 Å². The van der Waals surface area contributed by atoms with E-state index in [2.05, 4.69) is 5.32 Å². The molecule has 0 saturated heterocycles. The smallest absolute Gasteiger partial charge is 0.268 e. The molecule has 1 aromatic carbocycles. The van der Waals surface area contributed by atoms with Crippen LogP contribution in [0.25, 0.3) is 0 Å². The van der Waals surface area contributed by atoms with Crippen molar-refractivity contribution in [1.82, 2.24) is 9.88 Å². The lowest BCUT2D eigenvalue weighted by Gasteiger charge is -2.21. The van der Waals surface area contributed by atoms with E-state index in [0.29, 0.717) is 18.7 Å². The van der Waals surface area contributed by atoms with Crippen molar-refractivity contribution >= 4 is 21.6 Å². The summed E-state index contributed by atoms with van der Waals surface area (Å²) in [5.41, 5.74) is 2.16. The number of rotatable bonds is 4. The van der Waals surface area contributed by atoms with E-state index in [0.717, 1.165) is 36.9 Å². The molecule has 4 rings (SSSR count). The van der Waals surface area contributed by atoms with E-state index in [1.165, 1.54) is 29.6 Å². The van der Waals surface area contributed by atoms with Crippen molar-refractivity contribution in [3.63, 3.8) is 0 Å². The molecule has 6 nitrogen and oxygen atoms in total. The van der Waals surface area contributed by atoms with Crippen LogP contribution in [0.1, 0.15) is 61.0 Å². The highest BCUT2D eigenvalue weighted by Crippen LogP contribution is 2.33. The Balaban J connectivity index is 1.53. The minimum atomic E-state index is -3.70. The first kappa shape index (κ1) is 20.0. The summed E-state index contributed by atoms with van der Waals surface area (Å²) in [4.78, 5) is 13.0. The third-order valence-corrected chi connectivity index (χ3v) is 7.86. The Hall–Kier alpha value is -2.28. The van der Waals surface area contributed by atoms with Crippen molar-refractivity contribution in [3.8, 4) is 0 Å². The van der Waals surface area contributed by atoms with Gasteiger partial charge in [0.1, 0.15) is 10.6 Å². The highest BCUT2D eigenvalue weighted by atomic mass is 32.2. The third-order valence-electron chi connectivity index (χ3n) is 6.09. The standard InChI is InChI=1S/C22H29N3O3S/c1-24-16-19(29(27,28)25-14-13-17-9-7-8-12-20(17)25)15-21(24)22(26)23-18-10-5-3-2-4-6-11-18/h7-9,12,15-16,18H,2-6,10-11,13-14H2,1H3,(H,23,26). The Morgan fingerprint density at radius 2 is 1.76 bits per heavy atom. The molecule has 0 radical (unpaired) electrons. The number of amides is 1. The number of nitrogens with one attached hydrogen (secondary N) is 1. The van der Waals surface area contributed by atoms with Crippen molar-refractivity contribution < 1.29 is 13.2 Å². The maximum absolute atomic E-state index is 13.2. The van der Waals surface area contributed by atoms with Crippen LogP contribution in [-0.4, -0.2) is 31.5 Å². The molecule has 1 fully saturated rings. The Labute approximate surface area is 173 Å². The van der Waals surface area contributed by atoms with Gasteiger partial charge in [-0.1, -0.05) is 50.3 Å². The van der Waals surface area contributed by atoms with Crippen LogP contribution in [0.15, 0.2) is 41.4 Å². The van der Waals surface area contributed by atoms with Gasteiger partial charge in [-0.25, -0.2) is 8.42 Å². The van der Waals surface area contributed by atoms with Crippen LogP contribution in [0.3, 0.4) is 0 Å². The Morgan fingerprint density at radius 3 is 2.52 bits per heavy atom. The van der Waals surface area contributed by atoms with Crippen molar-refractivity contribution in [3.05, 3.63) is 47.8 Å². The number of hydrogen-bond donors (Lipinski definition) is 1. The van der Waals surface area contributed by atoms with Crippen molar-refractivity contribution in [1.29, 1.82) is 0 Å². The first-order valence-electron chi connectivity index (χ1n) is 10.5. The number of para-hydroxylation sites is 1. The van der Waals surface area contributed by atoms with Gasteiger partial charge in [-0.2, -0.15) is 0 Å². The van der Waals surface area contributed by atoms with E-state index in [-0.39, 0.29) is 16.8 Å². The van der Waals surface area contributed by atoms with Crippen LogP contribution < -0.4 is 9.62 Å². The van der Waals surface area contributed by atoms with Gasteiger partial charge in [-0.15, -0.1) is 0 Å². The van der Waals surface area contributed by atoms with Gasteiger partial charge in [0, 0.05) is 25.8 Å². The molecule has 2 aliphatic rings. The fourth-order valence-electron chi connectivity index (χ4n) is 4.45. The maximum atomic E-state index is 13.2. The summed E-state index contributed by atoms with van der Waals surface area (Å²) in [5.74, 6) is -0.193.